The van der Waals surface area contributed by atoms with Gasteiger partial charge in [0.25, 0.3) is 0 Å². The number of rotatable bonds is 74. The molecule has 15 unspecified atom stereocenters. The molecule has 17 atom stereocenters. The van der Waals surface area contributed by atoms with Gasteiger partial charge in [-0.25, -0.2) is 4.79 Å². The van der Waals surface area contributed by atoms with Crippen molar-refractivity contribution in [2.24, 2.45) is 23.2 Å². The Balaban J connectivity index is 1.26. The molecule has 0 aromatic carbocycles. The number of aliphatic hydroxyl groups is 9. The normalized spacial score (nSPS) is 24.6. The van der Waals surface area contributed by atoms with E-state index in [2.05, 4.69) is 26.6 Å². The summed E-state index contributed by atoms with van der Waals surface area (Å²) in [4.78, 5) is 132. The third-order valence-electron chi connectivity index (χ3n) is 23.7. The van der Waals surface area contributed by atoms with Crippen LogP contribution in [0, 0.1) is 23.2 Å². The maximum atomic E-state index is 14.2. The summed E-state index contributed by atoms with van der Waals surface area (Å²) in [5, 5.41) is 104. The van der Waals surface area contributed by atoms with Crippen LogP contribution in [0.5, 0.6) is 0 Å². The Hall–Kier alpha value is -5.86. The Morgan fingerprint density at radius 3 is 1.20 bits per heavy atom. The van der Waals surface area contributed by atoms with Crippen LogP contribution in [-0.2, 0) is 105 Å². The van der Waals surface area contributed by atoms with Gasteiger partial charge in [-0.3, -0.25) is 43.2 Å². The molecule has 0 radical (unpaired) electrons. The molecule has 4 aliphatic rings. The highest BCUT2D eigenvalue weighted by atomic mass is 16.7. The molecule has 0 aromatic heterocycles. The first-order valence-electron chi connectivity index (χ1n) is 46.7. The van der Waals surface area contributed by atoms with Crippen LogP contribution < -0.4 is 26.6 Å². The number of nitrogens with one attached hydrogen (secondary N) is 5. The third-order valence-corrected chi connectivity index (χ3v) is 23.7. The number of esters is 2. The SMILES string of the molecule is COC[C@H]1C[C@H](OC)CN1C(=O)CCCCC(=O)COCCOCCNC(=O)CCC(=O)CC(CCCOC(=O)CCCCCCCNC(=O)CCCOC1OC(CO)C(O)C(O)C1C)(CCCOC(=O)CCCCCCCNC(=O)CCCOC1OC(CO)C(O)C(O)C1C)CCCOC(=O)NCCCCCCNC(=O)CCCOC1OC(CO)C(O)C(O)C1C. The quantitative estimate of drug-likeness (QED) is 0.0235. The summed E-state index contributed by atoms with van der Waals surface area (Å²) in [6.07, 6.45) is 3.76. The number of nitrogens with zero attached hydrogens (tertiary/aromatic N) is 1. The number of hydrogen-bond acceptors (Lipinski definition) is 32. The van der Waals surface area contributed by atoms with E-state index in [-0.39, 0.29) is 196 Å². The molecule has 6 amide bonds. The molecule has 0 saturated carbocycles. The maximum Gasteiger partial charge on any atom is 0.407 e. The standard InChI is InChI=1S/C89H158N6O32/c1-62-79(108)82(111)69(57-96)125-85(62)121-45-22-29-72(101)90-40-18-10-6-8-14-33-77(106)119-48-25-37-89(38-26-49-120-78(107)34-15-9-7-11-19-41-91-73(102)30-23-46-122-86-63(2)80(109)83(112)70(58-97)126-86,39-27-50-124-88(114)94-43-21-13-12-20-42-92-74(103)31-24-47-123-87-64(3)81(110)84(113)71(59-98)127-87)55-66(99)35-36-75(104)93-44-51-117-52-53-118-61-67(100)28-16-17-32-76(105)95-56-68(116-5)54-65(95)60-115-4/h62-65,68-71,79-87,96-98,108-113H,6-61H2,1-5H3,(H,90,101)(H,91,102)(H,92,103)(H,93,104)(H,94,114)/t62?,63?,64?,65-,68+,69?,70?,71?,79?,80?,81?,82?,83?,84?,85?,86?,87?,89?/m1/s1. The molecule has 14 N–H and O–H groups in total. The van der Waals surface area contributed by atoms with E-state index < -0.39 is 123 Å². The molecule has 0 bridgehead atoms. The minimum absolute atomic E-state index is 0.000902. The molecular weight excluding hydrogens is 1660 g/mol. The van der Waals surface area contributed by atoms with Crippen molar-refractivity contribution in [3.05, 3.63) is 0 Å². The number of amides is 6. The van der Waals surface area contributed by atoms with Gasteiger partial charge in [0.2, 0.25) is 29.5 Å². The first-order valence-corrected chi connectivity index (χ1v) is 46.7. The molecular formula is C89H158N6O32. The van der Waals surface area contributed by atoms with E-state index in [1.54, 1.807) is 39.9 Å². The highest BCUT2D eigenvalue weighted by molar-refractivity contribution is 5.85. The fourth-order valence-corrected chi connectivity index (χ4v) is 15.9. The largest absolute Gasteiger partial charge is 0.466 e. The zero-order valence-corrected chi connectivity index (χ0v) is 76.3. The molecule has 4 rings (SSSR count). The number of ketones is 2. The van der Waals surface area contributed by atoms with Crippen molar-refractivity contribution in [1.82, 2.24) is 31.5 Å². The molecule has 0 spiro atoms. The van der Waals surface area contributed by atoms with Crippen molar-refractivity contribution >= 4 is 59.1 Å². The number of carbonyl (C=O) groups is 10. The number of Topliss-reactive ketones (excluding diaryl/α,β-unsaturated/α-hetero) is 2. The zero-order chi connectivity index (χ0) is 93.0. The average molecular weight is 1820 g/mol. The Bertz CT molecular complexity index is 2810. The number of hydrogen-bond donors (Lipinski definition) is 14. The highest BCUT2D eigenvalue weighted by Gasteiger charge is 2.45. The minimum Gasteiger partial charge on any atom is -0.466 e. The summed E-state index contributed by atoms with van der Waals surface area (Å²) >= 11 is 0. The van der Waals surface area contributed by atoms with E-state index >= 15 is 0 Å². The number of aliphatic hydroxyl groups excluding tert-OH is 9. The summed E-state index contributed by atoms with van der Waals surface area (Å²) in [7, 11) is 3.23. The molecule has 0 aromatic rings. The maximum absolute atomic E-state index is 14.2. The Morgan fingerprint density at radius 1 is 0.378 bits per heavy atom. The van der Waals surface area contributed by atoms with E-state index in [9.17, 15) is 93.9 Å². The van der Waals surface area contributed by atoms with Crippen molar-refractivity contribution < 1.29 is 155 Å². The van der Waals surface area contributed by atoms with Gasteiger partial charge in [-0.05, 0) is 121 Å². The van der Waals surface area contributed by atoms with E-state index in [0.29, 0.717) is 148 Å². The zero-order valence-electron chi connectivity index (χ0n) is 76.3. The second-order valence-electron chi connectivity index (χ2n) is 34.2. The van der Waals surface area contributed by atoms with Gasteiger partial charge >= 0.3 is 18.0 Å². The number of alkyl carbamates (subject to hydrolysis) is 1. The molecule has 4 heterocycles. The number of unbranched alkanes of at least 4 members (excludes halogenated alkanes) is 12. The predicted molar refractivity (Wildman–Crippen MR) is 460 cm³/mol. The molecule has 4 fully saturated rings. The van der Waals surface area contributed by atoms with Gasteiger partial charge in [0, 0.05) is 135 Å². The summed E-state index contributed by atoms with van der Waals surface area (Å²) < 4.78 is 72.9. The second-order valence-corrected chi connectivity index (χ2v) is 34.2. The number of carbonyl (C=O) groups excluding carboxylic acids is 10. The van der Waals surface area contributed by atoms with Crippen molar-refractivity contribution in [2.75, 3.05) is 146 Å². The summed E-state index contributed by atoms with van der Waals surface area (Å²) in [5.41, 5.74) is -0.775. The van der Waals surface area contributed by atoms with Crippen LogP contribution in [0.1, 0.15) is 252 Å². The highest BCUT2D eigenvalue weighted by Crippen LogP contribution is 2.40. The first-order chi connectivity index (χ1) is 61.2. The first kappa shape index (κ1) is 113. The summed E-state index contributed by atoms with van der Waals surface area (Å²) in [6, 6.07) is -0.0374. The van der Waals surface area contributed by atoms with Crippen LogP contribution in [0.3, 0.4) is 0 Å². The molecule has 38 nitrogen and oxygen atoms in total. The lowest BCUT2D eigenvalue weighted by atomic mass is 9.71. The van der Waals surface area contributed by atoms with Crippen LogP contribution in [0.2, 0.25) is 0 Å². The number of likely N-dealkylation sites (tertiary alicyclic amines) is 1. The molecule has 0 aliphatic carbocycles. The van der Waals surface area contributed by atoms with Crippen molar-refractivity contribution in [2.45, 2.75) is 338 Å². The van der Waals surface area contributed by atoms with Gasteiger partial charge in [0.1, 0.15) is 49.0 Å². The van der Waals surface area contributed by atoms with Gasteiger partial charge in [-0.2, -0.15) is 0 Å². The van der Waals surface area contributed by atoms with Crippen molar-refractivity contribution in [1.29, 1.82) is 0 Å². The number of methoxy groups -OCH3 is 2. The Morgan fingerprint density at radius 2 is 0.764 bits per heavy atom. The lowest BCUT2D eigenvalue weighted by Crippen LogP contribution is -2.55. The smallest absolute Gasteiger partial charge is 0.407 e. The lowest BCUT2D eigenvalue weighted by Gasteiger charge is -2.40. The fourth-order valence-electron chi connectivity index (χ4n) is 15.9. The van der Waals surface area contributed by atoms with Gasteiger partial charge in [0.05, 0.1) is 116 Å². The molecule has 4 saturated heterocycles. The average Bonchev–Trinajstić information content (AvgIpc) is 1.70. The monoisotopic (exact) mass is 1820 g/mol. The van der Waals surface area contributed by atoms with Gasteiger partial charge in [0.15, 0.2) is 24.7 Å². The fraction of sp³-hybridized carbons (Fsp3) is 0.888. The summed E-state index contributed by atoms with van der Waals surface area (Å²) in [5.74, 6) is -3.47. The van der Waals surface area contributed by atoms with E-state index in [1.807, 2.05) is 0 Å². The molecule has 127 heavy (non-hydrogen) atoms. The topological polar surface area (TPSA) is 536 Å². The Kier molecular flexibility index (Phi) is 60.9. The van der Waals surface area contributed by atoms with Crippen LogP contribution in [0.4, 0.5) is 4.79 Å². The van der Waals surface area contributed by atoms with Crippen molar-refractivity contribution in [3.63, 3.8) is 0 Å². The van der Waals surface area contributed by atoms with Crippen LogP contribution in [-0.4, -0.2) is 342 Å². The molecule has 736 valence electrons. The van der Waals surface area contributed by atoms with Crippen molar-refractivity contribution in [3.8, 4) is 0 Å². The van der Waals surface area contributed by atoms with Gasteiger partial charge in [-0.1, -0.05) is 72.1 Å². The van der Waals surface area contributed by atoms with Gasteiger partial charge in [-0.15, -0.1) is 0 Å². The Labute approximate surface area is 750 Å². The van der Waals surface area contributed by atoms with Crippen LogP contribution >= 0.6 is 0 Å². The minimum atomic E-state index is -1.24. The van der Waals surface area contributed by atoms with Crippen LogP contribution in [0.25, 0.3) is 0 Å². The van der Waals surface area contributed by atoms with E-state index in [4.69, 9.17) is 61.6 Å². The van der Waals surface area contributed by atoms with Gasteiger partial charge < -0.3 is 139 Å². The second kappa shape index (κ2) is 68.2. The molecule has 4 aliphatic heterocycles. The lowest BCUT2D eigenvalue weighted by molar-refractivity contribution is -0.282. The number of ether oxygens (including phenoxy) is 13. The predicted octanol–water partition coefficient (Wildman–Crippen LogP) is 3.61. The molecule has 38 heteroatoms. The summed E-state index contributed by atoms with van der Waals surface area (Å²) in [6.45, 7) is 7.40. The van der Waals surface area contributed by atoms with E-state index in [0.717, 1.165) is 64.2 Å². The third kappa shape index (κ3) is 47.9. The van der Waals surface area contributed by atoms with Crippen LogP contribution in [0.15, 0.2) is 0 Å². The van der Waals surface area contributed by atoms with E-state index in [1.165, 1.54) is 0 Å².